The highest BCUT2D eigenvalue weighted by atomic mass is 14.9. The van der Waals surface area contributed by atoms with Crippen LogP contribution in [0.15, 0.2) is 0 Å². The third kappa shape index (κ3) is 1.95. The van der Waals surface area contributed by atoms with Crippen molar-refractivity contribution in [3.8, 4) is 0 Å². The predicted molar refractivity (Wildman–Crippen MR) is 70.7 cm³/mol. The van der Waals surface area contributed by atoms with E-state index in [-0.39, 0.29) is 0 Å². The quantitative estimate of drug-likeness (QED) is 0.784. The Labute approximate surface area is 106 Å². The Morgan fingerprint density at radius 1 is 0.941 bits per heavy atom. The molecule has 5 saturated carbocycles. The fourth-order valence-corrected chi connectivity index (χ4v) is 5.59. The molecule has 0 aromatic carbocycles. The Balaban J connectivity index is 1.42. The van der Waals surface area contributed by atoms with Gasteiger partial charge in [0.25, 0.3) is 0 Å². The van der Waals surface area contributed by atoms with Crippen LogP contribution in [0.4, 0.5) is 0 Å². The van der Waals surface area contributed by atoms with Gasteiger partial charge in [0.05, 0.1) is 0 Å². The van der Waals surface area contributed by atoms with Gasteiger partial charge in [0.1, 0.15) is 0 Å². The summed E-state index contributed by atoms with van der Waals surface area (Å²) in [5.41, 5.74) is 0. The van der Waals surface area contributed by atoms with Crippen molar-refractivity contribution >= 4 is 0 Å². The summed E-state index contributed by atoms with van der Waals surface area (Å²) in [6.07, 6.45) is 10.9. The molecule has 0 radical (unpaired) electrons. The van der Waals surface area contributed by atoms with Gasteiger partial charge in [-0.2, -0.15) is 0 Å². The molecule has 0 aromatic heterocycles. The minimum absolute atomic E-state index is 0.797. The van der Waals surface area contributed by atoms with Gasteiger partial charge < -0.3 is 5.32 Å². The number of hydrogen-bond acceptors (Lipinski definition) is 1. The Morgan fingerprint density at radius 3 is 2.06 bits per heavy atom. The van der Waals surface area contributed by atoms with Gasteiger partial charge in [-0.15, -0.1) is 0 Å². The minimum Gasteiger partial charge on any atom is -0.314 e. The zero-order chi connectivity index (χ0) is 11.4. The lowest BCUT2D eigenvalue weighted by Crippen LogP contribution is -2.52. The van der Waals surface area contributed by atoms with Crippen molar-refractivity contribution in [2.45, 2.75) is 57.9 Å². The first-order valence-corrected chi connectivity index (χ1v) is 8.03. The van der Waals surface area contributed by atoms with Crippen LogP contribution >= 0.6 is 0 Å². The Kier molecular flexibility index (Phi) is 2.54. The standard InChI is InChI=1S/C16H27N/c1-10(17-9-11-2-3-11)16-14-5-12-4-13(7-14)8-15(16)6-12/h10-17H,2-9H2,1H3. The summed E-state index contributed by atoms with van der Waals surface area (Å²) >= 11 is 0. The van der Waals surface area contributed by atoms with E-state index in [1.165, 1.54) is 19.4 Å². The second-order valence-electron chi connectivity index (χ2n) is 7.65. The highest BCUT2D eigenvalue weighted by Crippen LogP contribution is 2.57. The van der Waals surface area contributed by atoms with Gasteiger partial charge >= 0.3 is 0 Å². The zero-order valence-corrected chi connectivity index (χ0v) is 11.2. The first kappa shape index (κ1) is 10.8. The summed E-state index contributed by atoms with van der Waals surface area (Å²) in [6.45, 7) is 3.79. The summed E-state index contributed by atoms with van der Waals surface area (Å²) in [6, 6.07) is 0.797. The van der Waals surface area contributed by atoms with E-state index in [2.05, 4.69) is 12.2 Å². The molecule has 96 valence electrons. The van der Waals surface area contributed by atoms with Crippen molar-refractivity contribution in [2.24, 2.45) is 35.5 Å². The van der Waals surface area contributed by atoms with Crippen molar-refractivity contribution in [1.82, 2.24) is 5.32 Å². The molecule has 0 aromatic rings. The number of nitrogens with one attached hydrogen (secondary N) is 1. The molecule has 1 heteroatoms. The maximum absolute atomic E-state index is 3.87. The molecule has 0 spiro atoms. The molecular formula is C16H27N. The van der Waals surface area contributed by atoms with Crippen LogP contribution in [-0.2, 0) is 0 Å². The number of hydrogen-bond donors (Lipinski definition) is 1. The first-order chi connectivity index (χ1) is 8.29. The van der Waals surface area contributed by atoms with Gasteiger partial charge in [0.15, 0.2) is 0 Å². The van der Waals surface area contributed by atoms with E-state index in [1.807, 2.05) is 0 Å². The van der Waals surface area contributed by atoms with E-state index in [4.69, 9.17) is 0 Å². The SMILES string of the molecule is CC(NCC1CC1)C1C2CC3CC(C2)CC1C3. The monoisotopic (exact) mass is 233 g/mol. The molecule has 0 heterocycles. The average molecular weight is 233 g/mol. The molecule has 0 amide bonds. The van der Waals surface area contributed by atoms with E-state index < -0.39 is 0 Å². The first-order valence-electron chi connectivity index (χ1n) is 8.03. The molecule has 1 nitrogen and oxygen atoms in total. The molecule has 1 N–H and O–H groups in total. The normalized spacial score (nSPS) is 49.6. The van der Waals surface area contributed by atoms with Crippen LogP contribution in [-0.4, -0.2) is 12.6 Å². The molecule has 1 atom stereocenters. The fourth-order valence-electron chi connectivity index (χ4n) is 5.59. The zero-order valence-electron chi connectivity index (χ0n) is 11.2. The van der Waals surface area contributed by atoms with Crippen molar-refractivity contribution in [3.63, 3.8) is 0 Å². The molecule has 5 fully saturated rings. The van der Waals surface area contributed by atoms with Crippen molar-refractivity contribution < 1.29 is 0 Å². The molecule has 5 aliphatic rings. The molecule has 4 bridgehead atoms. The Bertz CT molecular complexity index is 266. The van der Waals surface area contributed by atoms with E-state index in [1.54, 1.807) is 32.1 Å². The van der Waals surface area contributed by atoms with Crippen molar-refractivity contribution in [3.05, 3.63) is 0 Å². The van der Waals surface area contributed by atoms with Crippen LogP contribution in [0.3, 0.4) is 0 Å². The lowest BCUT2D eigenvalue weighted by molar-refractivity contribution is -0.0492. The van der Waals surface area contributed by atoms with Crippen LogP contribution in [0.5, 0.6) is 0 Å². The van der Waals surface area contributed by atoms with Crippen molar-refractivity contribution in [2.75, 3.05) is 6.54 Å². The highest BCUT2D eigenvalue weighted by Gasteiger charge is 2.49. The van der Waals surface area contributed by atoms with E-state index in [0.29, 0.717) is 0 Å². The van der Waals surface area contributed by atoms with Gasteiger partial charge in [-0.25, -0.2) is 0 Å². The summed E-state index contributed by atoms with van der Waals surface area (Å²) in [4.78, 5) is 0. The minimum atomic E-state index is 0.797. The maximum atomic E-state index is 3.87. The topological polar surface area (TPSA) is 12.0 Å². The molecule has 1 unspecified atom stereocenters. The number of rotatable bonds is 4. The van der Waals surface area contributed by atoms with E-state index in [0.717, 1.165) is 41.5 Å². The van der Waals surface area contributed by atoms with Gasteiger partial charge in [0, 0.05) is 6.04 Å². The van der Waals surface area contributed by atoms with Gasteiger partial charge in [-0.3, -0.25) is 0 Å². The molecule has 5 rings (SSSR count). The van der Waals surface area contributed by atoms with E-state index >= 15 is 0 Å². The third-order valence-corrected chi connectivity index (χ3v) is 6.30. The molecule has 5 aliphatic carbocycles. The second kappa shape index (κ2) is 3.98. The lowest BCUT2D eigenvalue weighted by atomic mass is 9.50. The van der Waals surface area contributed by atoms with Gasteiger partial charge in [-0.1, -0.05) is 0 Å². The highest BCUT2D eigenvalue weighted by molar-refractivity contribution is 5.01. The lowest BCUT2D eigenvalue weighted by Gasteiger charge is -2.56. The maximum Gasteiger partial charge on any atom is 0.00724 e. The van der Waals surface area contributed by atoms with Crippen LogP contribution in [0.25, 0.3) is 0 Å². The van der Waals surface area contributed by atoms with Crippen LogP contribution in [0, 0.1) is 35.5 Å². The van der Waals surface area contributed by atoms with Crippen molar-refractivity contribution in [1.29, 1.82) is 0 Å². The van der Waals surface area contributed by atoms with Crippen LogP contribution < -0.4 is 5.32 Å². The largest absolute Gasteiger partial charge is 0.314 e. The molecule has 0 aliphatic heterocycles. The van der Waals surface area contributed by atoms with Crippen LogP contribution in [0.2, 0.25) is 0 Å². The van der Waals surface area contributed by atoms with Gasteiger partial charge in [-0.05, 0) is 93.9 Å². The summed E-state index contributed by atoms with van der Waals surface area (Å²) in [7, 11) is 0. The predicted octanol–water partition coefficient (Wildman–Crippen LogP) is 3.45. The van der Waals surface area contributed by atoms with Crippen LogP contribution in [0.1, 0.15) is 51.9 Å². The third-order valence-electron chi connectivity index (χ3n) is 6.30. The molecule has 17 heavy (non-hydrogen) atoms. The summed E-state index contributed by atoms with van der Waals surface area (Å²) in [5.74, 6) is 6.51. The summed E-state index contributed by atoms with van der Waals surface area (Å²) in [5, 5.41) is 3.87. The fraction of sp³-hybridized carbons (Fsp3) is 1.00. The molecule has 0 saturated heterocycles. The Hall–Kier alpha value is -0.0400. The van der Waals surface area contributed by atoms with Gasteiger partial charge in [0.2, 0.25) is 0 Å². The smallest absolute Gasteiger partial charge is 0.00724 e. The average Bonchev–Trinajstić information content (AvgIpc) is 3.08. The van der Waals surface area contributed by atoms with E-state index in [9.17, 15) is 0 Å². The second-order valence-corrected chi connectivity index (χ2v) is 7.65. The summed E-state index contributed by atoms with van der Waals surface area (Å²) < 4.78 is 0. The Morgan fingerprint density at radius 2 is 1.53 bits per heavy atom. The molecular weight excluding hydrogens is 206 g/mol.